The first-order valence-corrected chi connectivity index (χ1v) is 8.52. The maximum Gasteiger partial charge on any atom is 0.121 e. The molecule has 0 radical (unpaired) electrons. The normalized spacial score (nSPS) is 12.8. The number of rotatable bonds is 6. The second-order valence-electron chi connectivity index (χ2n) is 5.25. The van der Waals surface area contributed by atoms with Gasteiger partial charge in [0.05, 0.1) is 5.75 Å². The van der Waals surface area contributed by atoms with Crippen LogP contribution in [-0.4, -0.2) is 13.8 Å². The molecule has 1 aromatic heterocycles. The molecule has 1 atom stereocenters. The highest BCUT2D eigenvalue weighted by Gasteiger charge is 2.08. The molecule has 0 saturated carbocycles. The van der Waals surface area contributed by atoms with Gasteiger partial charge in [-0.05, 0) is 24.0 Å². The van der Waals surface area contributed by atoms with Crippen molar-refractivity contribution in [3.63, 3.8) is 0 Å². The van der Waals surface area contributed by atoms with E-state index in [-0.39, 0.29) is 0 Å². The zero-order valence-electron chi connectivity index (χ0n) is 12.4. The van der Waals surface area contributed by atoms with Crippen molar-refractivity contribution in [3.8, 4) is 0 Å². The van der Waals surface area contributed by atoms with Gasteiger partial charge in [-0.1, -0.05) is 38.1 Å². The van der Waals surface area contributed by atoms with Crippen LogP contribution in [0.1, 0.15) is 43.6 Å². The molecule has 0 aliphatic carbocycles. The summed E-state index contributed by atoms with van der Waals surface area (Å²) in [5.41, 5.74) is 2.45. The van der Waals surface area contributed by atoms with E-state index in [4.69, 9.17) is 0 Å². The molecule has 2 aromatic rings. The maximum absolute atomic E-state index is 12.2. The van der Waals surface area contributed by atoms with Gasteiger partial charge in [0.2, 0.25) is 0 Å². The first-order valence-electron chi connectivity index (χ1n) is 7.04. The summed E-state index contributed by atoms with van der Waals surface area (Å²) >= 11 is 0. The fourth-order valence-electron chi connectivity index (χ4n) is 2.15. The minimum Gasteiger partial charge on any atom is -0.334 e. The number of hydrogen-bond acceptors (Lipinski definition) is 2. The van der Waals surface area contributed by atoms with Gasteiger partial charge in [0.15, 0.2) is 0 Å². The van der Waals surface area contributed by atoms with Crippen molar-refractivity contribution in [1.82, 2.24) is 9.55 Å². The van der Waals surface area contributed by atoms with E-state index < -0.39 is 10.8 Å². The monoisotopic (exact) mass is 290 g/mol. The zero-order chi connectivity index (χ0) is 14.5. The van der Waals surface area contributed by atoms with Crippen LogP contribution >= 0.6 is 0 Å². The lowest BCUT2D eigenvalue weighted by atomic mass is 10.0. The molecule has 0 aliphatic rings. The van der Waals surface area contributed by atoms with Crippen LogP contribution < -0.4 is 0 Å². The van der Waals surface area contributed by atoms with Crippen LogP contribution in [-0.2, 0) is 28.9 Å². The van der Waals surface area contributed by atoms with E-state index in [1.54, 1.807) is 6.20 Å². The van der Waals surface area contributed by atoms with E-state index >= 15 is 0 Å². The van der Waals surface area contributed by atoms with Crippen LogP contribution in [0.2, 0.25) is 0 Å². The molecule has 1 aromatic carbocycles. The number of aromatic nitrogens is 2. The Balaban J connectivity index is 1.97. The van der Waals surface area contributed by atoms with E-state index in [0.717, 1.165) is 17.9 Å². The molecule has 4 heteroatoms. The predicted octanol–water partition coefficient (Wildman–Crippen LogP) is 3.48. The number of aryl methyl sites for hydroxylation is 1. The van der Waals surface area contributed by atoms with Gasteiger partial charge in [-0.3, -0.25) is 4.21 Å². The summed E-state index contributed by atoms with van der Waals surface area (Å²) in [7, 11) is -0.913. The maximum atomic E-state index is 12.2. The Labute approximate surface area is 123 Å². The molecule has 108 valence electrons. The summed E-state index contributed by atoms with van der Waals surface area (Å²) in [6.45, 7) is 7.30. The lowest BCUT2D eigenvalue weighted by molar-refractivity contribution is 0.674. The Hall–Kier alpha value is -1.42. The van der Waals surface area contributed by atoms with Gasteiger partial charge in [0, 0.05) is 35.5 Å². The smallest absolute Gasteiger partial charge is 0.121 e. The minimum absolute atomic E-state index is 0.521. The first kappa shape index (κ1) is 15.0. The molecule has 0 amide bonds. The topological polar surface area (TPSA) is 34.9 Å². The Kier molecular flexibility index (Phi) is 5.12. The van der Waals surface area contributed by atoms with Crippen molar-refractivity contribution < 1.29 is 4.21 Å². The number of hydrogen-bond donors (Lipinski definition) is 0. The molecular weight excluding hydrogens is 268 g/mol. The van der Waals surface area contributed by atoms with Crippen molar-refractivity contribution in [1.29, 1.82) is 0 Å². The molecule has 0 unspecified atom stereocenters. The highest BCUT2D eigenvalue weighted by Crippen LogP contribution is 2.16. The Morgan fingerprint density at radius 2 is 1.90 bits per heavy atom. The average Bonchev–Trinajstić information content (AvgIpc) is 2.86. The van der Waals surface area contributed by atoms with Gasteiger partial charge in [-0.2, -0.15) is 0 Å². The van der Waals surface area contributed by atoms with Gasteiger partial charge in [0.1, 0.15) is 5.82 Å². The van der Waals surface area contributed by atoms with Gasteiger partial charge in [-0.25, -0.2) is 4.98 Å². The highest BCUT2D eigenvalue weighted by atomic mass is 32.2. The Morgan fingerprint density at radius 3 is 2.50 bits per heavy atom. The molecule has 0 spiro atoms. The third-order valence-corrected chi connectivity index (χ3v) is 4.64. The van der Waals surface area contributed by atoms with Crippen LogP contribution in [0.25, 0.3) is 0 Å². The van der Waals surface area contributed by atoms with Crippen LogP contribution in [0.3, 0.4) is 0 Å². The molecule has 0 aliphatic heterocycles. The van der Waals surface area contributed by atoms with Crippen LogP contribution in [0.4, 0.5) is 0 Å². The minimum atomic E-state index is -0.913. The van der Waals surface area contributed by atoms with E-state index in [2.05, 4.69) is 50.0 Å². The standard InChI is InChI=1S/C16H22N2OS/c1-4-18-10-9-17-16(18)12-20(19)11-14-5-7-15(8-6-14)13(2)3/h5-10,13H,4,11-12H2,1-3H3/t20-/m0/s1. The molecule has 0 N–H and O–H groups in total. The SMILES string of the molecule is CCn1ccnc1C[S@@](=O)Cc1ccc(C(C)C)cc1. The van der Waals surface area contributed by atoms with Gasteiger partial charge < -0.3 is 4.57 Å². The summed E-state index contributed by atoms with van der Waals surface area (Å²) in [6, 6.07) is 8.42. The van der Waals surface area contributed by atoms with Crippen molar-refractivity contribution in [2.24, 2.45) is 0 Å². The third kappa shape index (κ3) is 3.79. The molecule has 0 fully saturated rings. The number of nitrogens with zero attached hydrogens (tertiary/aromatic N) is 2. The molecule has 20 heavy (non-hydrogen) atoms. The molecule has 3 nitrogen and oxygen atoms in total. The van der Waals surface area contributed by atoms with Gasteiger partial charge >= 0.3 is 0 Å². The van der Waals surface area contributed by atoms with E-state index in [1.165, 1.54) is 5.56 Å². The van der Waals surface area contributed by atoms with E-state index in [0.29, 0.717) is 17.4 Å². The lowest BCUT2D eigenvalue weighted by Gasteiger charge is -2.08. The quantitative estimate of drug-likeness (QED) is 0.816. The van der Waals surface area contributed by atoms with E-state index in [1.807, 2.05) is 10.8 Å². The zero-order valence-corrected chi connectivity index (χ0v) is 13.2. The molecule has 1 heterocycles. The number of benzene rings is 1. The summed E-state index contributed by atoms with van der Waals surface area (Å²) in [5.74, 6) is 2.55. The largest absolute Gasteiger partial charge is 0.334 e. The summed E-state index contributed by atoms with van der Waals surface area (Å²) in [5, 5.41) is 0. The van der Waals surface area contributed by atoms with Gasteiger partial charge in [0.25, 0.3) is 0 Å². The van der Waals surface area contributed by atoms with Crippen molar-refractivity contribution in [2.45, 2.75) is 44.7 Å². The molecule has 2 rings (SSSR count). The average molecular weight is 290 g/mol. The Bertz CT molecular complexity index is 572. The van der Waals surface area contributed by atoms with Crippen molar-refractivity contribution in [2.75, 3.05) is 0 Å². The first-order chi connectivity index (χ1) is 9.60. The summed E-state index contributed by atoms with van der Waals surface area (Å²) in [6.07, 6.45) is 3.71. The summed E-state index contributed by atoms with van der Waals surface area (Å²) < 4.78 is 14.3. The fraction of sp³-hybridized carbons (Fsp3) is 0.438. The van der Waals surface area contributed by atoms with E-state index in [9.17, 15) is 4.21 Å². The van der Waals surface area contributed by atoms with Crippen LogP contribution in [0, 0.1) is 0 Å². The second-order valence-corrected chi connectivity index (χ2v) is 6.71. The number of imidazole rings is 1. The second kappa shape index (κ2) is 6.84. The molecular formula is C16H22N2OS. The molecule has 0 bridgehead atoms. The third-order valence-electron chi connectivity index (χ3n) is 3.41. The lowest BCUT2D eigenvalue weighted by Crippen LogP contribution is -2.06. The predicted molar refractivity (Wildman–Crippen MR) is 84.0 cm³/mol. The fourth-order valence-corrected chi connectivity index (χ4v) is 3.34. The highest BCUT2D eigenvalue weighted by molar-refractivity contribution is 7.83. The van der Waals surface area contributed by atoms with Crippen molar-refractivity contribution >= 4 is 10.8 Å². The van der Waals surface area contributed by atoms with Crippen LogP contribution in [0.5, 0.6) is 0 Å². The van der Waals surface area contributed by atoms with Crippen LogP contribution in [0.15, 0.2) is 36.7 Å². The Morgan fingerprint density at radius 1 is 1.20 bits per heavy atom. The van der Waals surface area contributed by atoms with Crippen molar-refractivity contribution in [3.05, 3.63) is 53.6 Å². The summed E-state index contributed by atoms with van der Waals surface area (Å²) in [4.78, 5) is 4.28. The molecule has 0 saturated heterocycles. The van der Waals surface area contributed by atoms with Gasteiger partial charge in [-0.15, -0.1) is 0 Å².